The zero-order chi connectivity index (χ0) is 13.5. The lowest BCUT2D eigenvalue weighted by atomic mass is 10.1. The minimum absolute atomic E-state index is 1.09. The van der Waals surface area contributed by atoms with Crippen molar-refractivity contribution >= 4 is 10.8 Å². The third-order valence-electron chi connectivity index (χ3n) is 3.79. The van der Waals surface area contributed by atoms with Crippen molar-refractivity contribution in [2.24, 2.45) is 0 Å². The van der Waals surface area contributed by atoms with Crippen LogP contribution in [-0.4, -0.2) is 0 Å². The third-order valence-corrected chi connectivity index (χ3v) is 3.79. The quantitative estimate of drug-likeness (QED) is 0.537. The van der Waals surface area contributed by atoms with Crippen LogP contribution in [0.4, 0.5) is 0 Å². The van der Waals surface area contributed by atoms with Gasteiger partial charge in [0.2, 0.25) is 0 Å². The number of rotatable bonds is 8. The molecule has 0 saturated heterocycles. The van der Waals surface area contributed by atoms with Crippen LogP contribution < -0.4 is 0 Å². The summed E-state index contributed by atoms with van der Waals surface area (Å²) in [6, 6.07) is 8.67. The molecule has 0 radical (unpaired) electrons. The van der Waals surface area contributed by atoms with Crippen molar-refractivity contribution in [2.45, 2.75) is 65.2 Å². The number of aryl methyl sites for hydroxylation is 2. The van der Waals surface area contributed by atoms with Crippen LogP contribution in [0.15, 0.2) is 28.7 Å². The summed E-state index contributed by atoms with van der Waals surface area (Å²) in [5.74, 6) is 2.41. The molecule has 1 aromatic heterocycles. The van der Waals surface area contributed by atoms with Crippen LogP contribution in [0.1, 0.15) is 63.9 Å². The highest BCUT2D eigenvalue weighted by Crippen LogP contribution is 2.28. The summed E-state index contributed by atoms with van der Waals surface area (Å²) in [7, 11) is 0. The minimum Gasteiger partial charge on any atom is -0.465 e. The molecule has 2 aromatic rings. The van der Waals surface area contributed by atoms with Gasteiger partial charge in [-0.15, -0.1) is 0 Å². The highest BCUT2D eigenvalue weighted by atomic mass is 16.3. The largest absolute Gasteiger partial charge is 0.465 e. The number of benzene rings is 1. The molecule has 0 bridgehead atoms. The van der Waals surface area contributed by atoms with Gasteiger partial charge in [-0.05, 0) is 12.8 Å². The van der Waals surface area contributed by atoms with E-state index in [0.29, 0.717) is 0 Å². The Morgan fingerprint density at radius 3 is 1.63 bits per heavy atom. The van der Waals surface area contributed by atoms with E-state index in [0.717, 1.165) is 12.8 Å². The van der Waals surface area contributed by atoms with E-state index in [1.807, 2.05) is 0 Å². The molecule has 0 N–H and O–H groups in total. The monoisotopic (exact) mass is 258 g/mol. The molecule has 2 rings (SSSR count). The maximum atomic E-state index is 6.16. The average Bonchev–Trinajstić information content (AvgIpc) is 2.79. The smallest absolute Gasteiger partial charge is 0.112 e. The lowest BCUT2D eigenvalue weighted by Crippen LogP contribution is -1.83. The molecule has 0 unspecified atom stereocenters. The van der Waals surface area contributed by atoms with E-state index < -0.39 is 0 Å². The molecule has 0 aliphatic rings. The number of fused-ring (bicyclic) bond motifs is 1. The van der Waals surface area contributed by atoms with Crippen molar-refractivity contribution in [1.29, 1.82) is 0 Å². The minimum atomic E-state index is 1.09. The predicted molar refractivity (Wildman–Crippen MR) is 82.7 cm³/mol. The van der Waals surface area contributed by atoms with E-state index >= 15 is 0 Å². The summed E-state index contributed by atoms with van der Waals surface area (Å²) in [6.07, 6.45) is 9.76. The van der Waals surface area contributed by atoms with Crippen molar-refractivity contribution < 1.29 is 4.42 Å². The Balaban J connectivity index is 2.16. The van der Waals surface area contributed by atoms with Crippen molar-refractivity contribution in [3.05, 3.63) is 35.8 Å². The summed E-state index contributed by atoms with van der Waals surface area (Å²) in [6.45, 7) is 4.49. The van der Waals surface area contributed by atoms with Gasteiger partial charge in [0.25, 0.3) is 0 Å². The van der Waals surface area contributed by atoms with Crippen molar-refractivity contribution in [3.63, 3.8) is 0 Å². The van der Waals surface area contributed by atoms with Crippen LogP contribution in [0.5, 0.6) is 0 Å². The van der Waals surface area contributed by atoms with E-state index in [2.05, 4.69) is 38.1 Å². The Labute approximate surface area is 117 Å². The van der Waals surface area contributed by atoms with Crippen LogP contribution in [-0.2, 0) is 12.8 Å². The van der Waals surface area contributed by atoms with E-state index in [9.17, 15) is 0 Å². The van der Waals surface area contributed by atoms with Crippen LogP contribution in [0.3, 0.4) is 0 Å². The van der Waals surface area contributed by atoms with Crippen LogP contribution in [0, 0.1) is 0 Å². The fourth-order valence-electron chi connectivity index (χ4n) is 2.67. The van der Waals surface area contributed by atoms with Gasteiger partial charge in [-0.3, -0.25) is 0 Å². The summed E-state index contributed by atoms with van der Waals surface area (Å²) in [5, 5.41) is 2.68. The summed E-state index contributed by atoms with van der Waals surface area (Å²) >= 11 is 0. The maximum Gasteiger partial charge on any atom is 0.112 e. The third kappa shape index (κ3) is 3.62. The Kier molecular flexibility index (Phi) is 5.50. The van der Waals surface area contributed by atoms with Crippen molar-refractivity contribution in [3.8, 4) is 0 Å². The fraction of sp³-hybridized carbons (Fsp3) is 0.556. The lowest BCUT2D eigenvalue weighted by Gasteiger charge is -1.98. The van der Waals surface area contributed by atoms with Gasteiger partial charge in [0, 0.05) is 23.6 Å². The molecule has 1 heteroatoms. The molecule has 0 aliphatic carbocycles. The number of hydrogen-bond donors (Lipinski definition) is 0. The molecule has 104 valence electrons. The van der Waals surface area contributed by atoms with Gasteiger partial charge < -0.3 is 4.42 Å². The summed E-state index contributed by atoms with van der Waals surface area (Å²) < 4.78 is 6.16. The first-order chi connectivity index (χ1) is 9.36. The number of unbranched alkanes of at least 4 members (excludes halogenated alkanes) is 4. The maximum absolute atomic E-state index is 6.16. The van der Waals surface area contributed by atoms with Crippen molar-refractivity contribution in [2.75, 3.05) is 0 Å². The topological polar surface area (TPSA) is 13.1 Å². The van der Waals surface area contributed by atoms with Crippen LogP contribution >= 0.6 is 0 Å². The Morgan fingerprint density at radius 2 is 1.21 bits per heavy atom. The average molecular weight is 258 g/mol. The van der Waals surface area contributed by atoms with Gasteiger partial charge >= 0.3 is 0 Å². The van der Waals surface area contributed by atoms with Gasteiger partial charge in [-0.25, -0.2) is 0 Å². The molecule has 0 aliphatic heterocycles. The van der Waals surface area contributed by atoms with Crippen LogP contribution in [0.25, 0.3) is 10.8 Å². The fourth-order valence-corrected chi connectivity index (χ4v) is 2.67. The molecule has 19 heavy (non-hydrogen) atoms. The Morgan fingerprint density at radius 1 is 0.737 bits per heavy atom. The highest BCUT2D eigenvalue weighted by Gasteiger charge is 2.11. The second kappa shape index (κ2) is 7.37. The van der Waals surface area contributed by atoms with Gasteiger partial charge in [-0.2, -0.15) is 0 Å². The second-order valence-corrected chi connectivity index (χ2v) is 5.41. The lowest BCUT2D eigenvalue weighted by molar-refractivity contribution is 0.455. The molecule has 0 amide bonds. The first kappa shape index (κ1) is 14.2. The molecule has 0 saturated carbocycles. The van der Waals surface area contributed by atoms with E-state index in [4.69, 9.17) is 4.42 Å². The zero-order valence-corrected chi connectivity index (χ0v) is 12.4. The van der Waals surface area contributed by atoms with E-state index in [-0.39, 0.29) is 0 Å². The highest BCUT2D eigenvalue weighted by molar-refractivity contribution is 5.86. The molecule has 0 spiro atoms. The standard InChI is InChI=1S/C18H26O/c1-3-5-7-13-17-15-11-9-10-12-16(15)18(19-17)14-8-6-4-2/h9-12H,3-8,13-14H2,1-2H3. The summed E-state index contributed by atoms with van der Waals surface area (Å²) in [4.78, 5) is 0. The normalized spacial score (nSPS) is 11.3. The first-order valence-electron chi connectivity index (χ1n) is 7.86. The van der Waals surface area contributed by atoms with Gasteiger partial charge in [-0.1, -0.05) is 63.8 Å². The molecule has 1 heterocycles. The first-order valence-corrected chi connectivity index (χ1v) is 7.86. The molecule has 1 aromatic carbocycles. The SMILES string of the molecule is CCCCCc1oc(CCCCC)c2ccccc12. The second-order valence-electron chi connectivity index (χ2n) is 5.41. The van der Waals surface area contributed by atoms with Crippen molar-refractivity contribution in [1.82, 2.24) is 0 Å². The van der Waals surface area contributed by atoms with E-state index in [1.54, 1.807) is 0 Å². The number of hydrogen-bond acceptors (Lipinski definition) is 1. The molecule has 0 atom stereocenters. The Bertz CT molecular complexity index is 451. The predicted octanol–water partition coefficient (Wildman–Crippen LogP) is 5.90. The molecular weight excluding hydrogens is 232 g/mol. The van der Waals surface area contributed by atoms with Gasteiger partial charge in [0.15, 0.2) is 0 Å². The molecule has 1 nitrogen and oxygen atoms in total. The molecule has 0 fully saturated rings. The molecular formula is C18H26O. The summed E-state index contributed by atoms with van der Waals surface area (Å²) in [5.41, 5.74) is 0. The van der Waals surface area contributed by atoms with E-state index in [1.165, 1.54) is 60.8 Å². The van der Waals surface area contributed by atoms with Crippen LogP contribution in [0.2, 0.25) is 0 Å². The Hall–Kier alpha value is -1.24. The number of furan rings is 1. The van der Waals surface area contributed by atoms with Gasteiger partial charge in [0.1, 0.15) is 11.5 Å². The van der Waals surface area contributed by atoms with Gasteiger partial charge in [0.05, 0.1) is 0 Å². The zero-order valence-electron chi connectivity index (χ0n) is 12.4.